The number of benzene rings is 1. The molecule has 2 rings (SSSR count). The van der Waals surface area contributed by atoms with Crippen molar-refractivity contribution in [2.24, 2.45) is 0 Å². The number of aliphatic hydroxyl groups is 1. The maximum Gasteiger partial charge on any atom is 0.321 e. The van der Waals surface area contributed by atoms with Crippen LogP contribution in [-0.4, -0.2) is 35.2 Å². The van der Waals surface area contributed by atoms with Crippen LogP contribution in [0, 0.1) is 5.82 Å². The summed E-state index contributed by atoms with van der Waals surface area (Å²) in [7, 11) is 0. The molecule has 1 saturated heterocycles. The van der Waals surface area contributed by atoms with Crippen molar-refractivity contribution in [3.8, 4) is 0 Å². The molecular formula is C11H11BrClFN2O2. The zero-order chi connectivity index (χ0) is 13.3. The van der Waals surface area contributed by atoms with Crippen LogP contribution in [0.1, 0.15) is 6.42 Å². The largest absolute Gasteiger partial charge is 0.391 e. The average molecular weight is 338 g/mol. The average Bonchev–Trinajstić information content (AvgIpc) is 2.73. The fourth-order valence-corrected chi connectivity index (χ4v) is 2.28. The second kappa shape index (κ2) is 5.42. The molecule has 0 radical (unpaired) electrons. The predicted octanol–water partition coefficient (Wildman–Crippen LogP) is 2.84. The Morgan fingerprint density at radius 3 is 2.94 bits per heavy atom. The smallest absolute Gasteiger partial charge is 0.321 e. The Bertz CT molecular complexity index is 486. The first-order valence-corrected chi connectivity index (χ1v) is 6.53. The zero-order valence-corrected chi connectivity index (χ0v) is 11.6. The van der Waals surface area contributed by atoms with E-state index in [1.165, 1.54) is 11.0 Å². The maximum atomic E-state index is 13.2. The summed E-state index contributed by atoms with van der Waals surface area (Å²) in [5, 5.41) is 12.1. The number of nitrogens with zero attached hydrogens (tertiary/aromatic N) is 1. The number of likely N-dealkylation sites (tertiary alicyclic amines) is 1. The fraction of sp³-hybridized carbons (Fsp3) is 0.364. The Kier molecular flexibility index (Phi) is 4.09. The topological polar surface area (TPSA) is 52.6 Å². The monoisotopic (exact) mass is 336 g/mol. The van der Waals surface area contributed by atoms with Crippen LogP contribution in [0.3, 0.4) is 0 Å². The Morgan fingerprint density at radius 2 is 2.33 bits per heavy atom. The second-order valence-electron chi connectivity index (χ2n) is 4.06. The van der Waals surface area contributed by atoms with Crippen LogP contribution in [0.25, 0.3) is 0 Å². The summed E-state index contributed by atoms with van der Waals surface area (Å²) < 4.78 is 13.4. The molecule has 1 aromatic carbocycles. The molecule has 4 nitrogen and oxygen atoms in total. The molecule has 1 aliphatic rings. The number of halogens is 3. The van der Waals surface area contributed by atoms with E-state index in [1.807, 2.05) is 0 Å². The molecule has 0 unspecified atom stereocenters. The highest BCUT2D eigenvalue weighted by molar-refractivity contribution is 9.10. The van der Waals surface area contributed by atoms with E-state index >= 15 is 0 Å². The van der Waals surface area contributed by atoms with Gasteiger partial charge in [-0.1, -0.05) is 11.6 Å². The highest BCUT2D eigenvalue weighted by Crippen LogP contribution is 2.29. The van der Waals surface area contributed by atoms with Gasteiger partial charge < -0.3 is 15.3 Å². The summed E-state index contributed by atoms with van der Waals surface area (Å²) in [4.78, 5) is 13.3. The number of hydrogen-bond donors (Lipinski definition) is 2. The summed E-state index contributed by atoms with van der Waals surface area (Å²) in [5.41, 5.74) is 0.330. The number of urea groups is 1. The van der Waals surface area contributed by atoms with E-state index in [9.17, 15) is 14.3 Å². The van der Waals surface area contributed by atoms with Crippen molar-refractivity contribution in [3.63, 3.8) is 0 Å². The molecule has 18 heavy (non-hydrogen) atoms. The normalized spacial score (nSPS) is 19.1. The minimum atomic E-state index is -0.491. The SMILES string of the molecule is O=C(Nc1cc(Br)c(F)cc1Cl)N1CC[C@H](O)C1. The van der Waals surface area contributed by atoms with Gasteiger partial charge in [-0.3, -0.25) is 0 Å². The van der Waals surface area contributed by atoms with E-state index < -0.39 is 11.9 Å². The van der Waals surface area contributed by atoms with E-state index in [2.05, 4.69) is 21.2 Å². The Labute approximate surface area is 117 Å². The first-order valence-electron chi connectivity index (χ1n) is 5.36. The van der Waals surface area contributed by atoms with Crippen LogP contribution in [0.15, 0.2) is 16.6 Å². The lowest BCUT2D eigenvalue weighted by Gasteiger charge is -2.17. The van der Waals surface area contributed by atoms with Gasteiger partial charge in [-0.15, -0.1) is 0 Å². The highest BCUT2D eigenvalue weighted by Gasteiger charge is 2.25. The predicted molar refractivity (Wildman–Crippen MR) is 70.3 cm³/mol. The molecule has 1 heterocycles. The van der Waals surface area contributed by atoms with Gasteiger partial charge in [-0.05, 0) is 34.5 Å². The molecule has 2 amide bonds. The summed E-state index contributed by atoms with van der Waals surface area (Å²) in [6.07, 6.45) is 0.0834. The van der Waals surface area contributed by atoms with E-state index in [-0.39, 0.29) is 15.5 Å². The third-order valence-electron chi connectivity index (χ3n) is 2.70. The summed E-state index contributed by atoms with van der Waals surface area (Å²) in [6, 6.07) is 2.18. The summed E-state index contributed by atoms with van der Waals surface area (Å²) >= 11 is 8.86. The first kappa shape index (κ1) is 13.6. The number of β-amino-alcohol motifs (C(OH)–C–C–N with tert-alkyl or cyclic N) is 1. The highest BCUT2D eigenvalue weighted by atomic mass is 79.9. The fourth-order valence-electron chi connectivity index (χ4n) is 1.74. The number of carbonyl (C=O) groups excluding carboxylic acids is 1. The van der Waals surface area contributed by atoms with Crippen molar-refractivity contribution < 1.29 is 14.3 Å². The van der Waals surface area contributed by atoms with Crippen LogP contribution in [0.4, 0.5) is 14.9 Å². The molecule has 0 bridgehead atoms. The van der Waals surface area contributed by atoms with Crippen molar-refractivity contribution in [2.75, 3.05) is 18.4 Å². The zero-order valence-electron chi connectivity index (χ0n) is 9.29. The Hall–Kier alpha value is -0.850. The van der Waals surface area contributed by atoms with Crippen LogP contribution in [0.2, 0.25) is 5.02 Å². The van der Waals surface area contributed by atoms with E-state index in [1.54, 1.807) is 0 Å². The van der Waals surface area contributed by atoms with Crippen molar-refractivity contribution in [1.82, 2.24) is 4.90 Å². The van der Waals surface area contributed by atoms with Gasteiger partial charge in [0.1, 0.15) is 5.82 Å². The maximum absolute atomic E-state index is 13.2. The van der Waals surface area contributed by atoms with Gasteiger partial charge in [-0.2, -0.15) is 0 Å². The molecule has 1 aromatic rings. The number of carbonyl (C=O) groups is 1. The summed E-state index contributed by atoms with van der Waals surface area (Å²) in [6.45, 7) is 0.790. The lowest BCUT2D eigenvalue weighted by atomic mass is 10.3. The van der Waals surface area contributed by atoms with Gasteiger partial charge >= 0.3 is 6.03 Å². The van der Waals surface area contributed by atoms with Crippen molar-refractivity contribution >= 4 is 39.2 Å². The Balaban J connectivity index is 2.09. The molecule has 1 fully saturated rings. The number of amides is 2. The van der Waals surface area contributed by atoms with Crippen LogP contribution < -0.4 is 5.32 Å². The minimum absolute atomic E-state index is 0.129. The standard InChI is InChI=1S/C11H11BrClFN2O2/c12-7-3-10(8(13)4-9(7)14)15-11(18)16-2-1-6(17)5-16/h3-4,6,17H,1-2,5H2,(H,15,18)/t6-/m0/s1. The number of rotatable bonds is 1. The van der Waals surface area contributed by atoms with Gasteiger partial charge in [0.2, 0.25) is 0 Å². The van der Waals surface area contributed by atoms with Gasteiger partial charge in [0.25, 0.3) is 0 Å². The van der Waals surface area contributed by atoms with Crippen LogP contribution in [-0.2, 0) is 0 Å². The lowest BCUT2D eigenvalue weighted by molar-refractivity contribution is 0.176. The van der Waals surface area contributed by atoms with E-state index in [4.69, 9.17) is 11.6 Å². The number of aliphatic hydroxyl groups excluding tert-OH is 1. The second-order valence-corrected chi connectivity index (χ2v) is 5.33. The molecule has 0 spiro atoms. The summed E-state index contributed by atoms with van der Waals surface area (Å²) in [5.74, 6) is -0.491. The molecule has 7 heteroatoms. The molecule has 0 aromatic heterocycles. The lowest BCUT2D eigenvalue weighted by Crippen LogP contribution is -2.33. The van der Waals surface area contributed by atoms with Crippen molar-refractivity contribution in [2.45, 2.75) is 12.5 Å². The van der Waals surface area contributed by atoms with Gasteiger partial charge in [-0.25, -0.2) is 9.18 Å². The third kappa shape index (κ3) is 2.93. The molecule has 2 N–H and O–H groups in total. The number of hydrogen-bond acceptors (Lipinski definition) is 2. The van der Waals surface area contributed by atoms with Crippen LogP contribution >= 0.6 is 27.5 Å². The number of nitrogens with one attached hydrogen (secondary N) is 1. The molecule has 1 atom stereocenters. The van der Waals surface area contributed by atoms with Gasteiger partial charge in [0.05, 0.1) is 21.3 Å². The minimum Gasteiger partial charge on any atom is -0.391 e. The van der Waals surface area contributed by atoms with E-state index in [0.29, 0.717) is 25.2 Å². The van der Waals surface area contributed by atoms with E-state index in [0.717, 1.165) is 6.07 Å². The van der Waals surface area contributed by atoms with Gasteiger partial charge in [0.15, 0.2) is 0 Å². The molecule has 98 valence electrons. The molecule has 0 aliphatic carbocycles. The molecule has 1 aliphatic heterocycles. The van der Waals surface area contributed by atoms with Crippen molar-refractivity contribution in [1.29, 1.82) is 0 Å². The number of anilines is 1. The van der Waals surface area contributed by atoms with Gasteiger partial charge in [0, 0.05) is 13.1 Å². The quantitative estimate of drug-likeness (QED) is 0.774. The molecular weight excluding hydrogens is 326 g/mol. The Morgan fingerprint density at radius 1 is 1.61 bits per heavy atom. The molecule has 0 saturated carbocycles. The third-order valence-corrected chi connectivity index (χ3v) is 3.62. The first-order chi connectivity index (χ1) is 8.47. The van der Waals surface area contributed by atoms with Crippen LogP contribution in [0.5, 0.6) is 0 Å². The van der Waals surface area contributed by atoms with Crippen molar-refractivity contribution in [3.05, 3.63) is 27.4 Å².